The third-order valence-electron chi connectivity index (χ3n) is 2.33. The van der Waals surface area contributed by atoms with E-state index in [4.69, 9.17) is 4.74 Å². The fourth-order valence-electron chi connectivity index (χ4n) is 1.47. The number of para-hydroxylation sites is 2. The van der Waals surface area contributed by atoms with Gasteiger partial charge in [-0.1, -0.05) is 12.1 Å². The molecule has 0 fully saturated rings. The zero-order valence-electron chi connectivity index (χ0n) is 10.1. The topological polar surface area (TPSA) is 59.1 Å². The predicted octanol–water partition coefficient (Wildman–Crippen LogP) is 3.03. The smallest absolute Gasteiger partial charge is 0.229 e. The van der Waals surface area contributed by atoms with E-state index in [2.05, 4.69) is 36.5 Å². The highest BCUT2D eigenvalue weighted by atomic mass is 79.9. The number of ether oxygens (including phenoxy) is 1. The first kappa shape index (κ1) is 12.6. The molecule has 0 aliphatic rings. The second-order valence-corrected chi connectivity index (χ2v) is 4.32. The highest BCUT2D eigenvalue weighted by Gasteiger charge is 2.06. The number of anilines is 3. The summed E-state index contributed by atoms with van der Waals surface area (Å²) in [7, 11) is 3.43. The molecule has 0 saturated carbocycles. The lowest BCUT2D eigenvalue weighted by molar-refractivity contribution is 0.417. The zero-order valence-corrected chi connectivity index (χ0v) is 11.7. The van der Waals surface area contributed by atoms with Gasteiger partial charge in [0.05, 0.1) is 17.3 Å². The van der Waals surface area contributed by atoms with E-state index in [1.807, 2.05) is 24.3 Å². The van der Waals surface area contributed by atoms with E-state index >= 15 is 0 Å². The molecule has 0 unspecified atom stereocenters. The van der Waals surface area contributed by atoms with Crippen LogP contribution in [0.15, 0.2) is 34.9 Å². The molecule has 1 heterocycles. The average molecular weight is 309 g/mol. The summed E-state index contributed by atoms with van der Waals surface area (Å²) in [5.74, 6) is 1.98. The molecule has 0 saturated heterocycles. The third-order valence-corrected chi connectivity index (χ3v) is 2.91. The van der Waals surface area contributed by atoms with Crippen LogP contribution >= 0.6 is 15.9 Å². The fraction of sp³-hybridized carbons (Fsp3) is 0.167. The van der Waals surface area contributed by atoms with Crippen molar-refractivity contribution in [2.75, 3.05) is 24.8 Å². The summed E-state index contributed by atoms with van der Waals surface area (Å²) in [6, 6.07) is 7.61. The van der Waals surface area contributed by atoms with Gasteiger partial charge in [-0.05, 0) is 28.1 Å². The lowest BCUT2D eigenvalue weighted by atomic mass is 10.3. The molecule has 0 bridgehead atoms. The summed E-state index contributed by atoms with van der Waals surface area (Å²) in [6.07, 6.45) is 1.69. The van der Waals surface area contributed by atoms with Crippen LogP contribution in [0, 0.1) is 0 Å². The molecule has 1 aromatic carbocycles. The number of methoxy groups -OCH3 is 1. The normalized spacial score (nSPS) is 9.94. The first-order chi connectivity index (χ1) is 8.74. The van der Waals surface area contributed by atoms with Crippen LogP contribution in [0.1, 0.15) is 0 Å². The molecular weight excluding hydrogens is 296 g/mol. The summed E-state index contributed by atoms with van der Waals surface area (Å²) in [5, 5.41) is 6.10. The lowest BCUT2D eigenvalue weighted by Gasteiger charge is -2.10. The number of hydrogen-bond acceptors (Lipinski definition) is 5. The maximum absolute atomic E-state index is 5.25. The van der Waals surface area contributed by atoms with Crippen LogP contribution in [0.2, 0.25) is 0 Å². The molecule has 6 heteroatoms. The molecule has 0 radical (unpaired) electrons. The van der Waals surface area contributed by atoms with E-state index < -0.39 is 0 Å². The van der Waals surface area contributed by atoms with Crippen LogP contribution in [-0.2, 0) is 0 Å². The summed E-state index contributed by atoms with van der Waals surface area (Å²) < 4.78 is 6.07. The van der Waals surface area contributed by atoms with Gasteiger partial charge in [0.1, 0.15) is 11.6 Å². The zero-order chi connectivity index (χ0) is 13.0. The lowest BCUT2D eigenvalue weighted by Crippen LogP contribution is -2.02. The molecule has 18 heavy (non-hydrogen) atoms. The molecule has 1 aromatic heterocycles. The Bertz CT molecular complexity index is 547. The minimum Gasteiger partial charge on any atom is -0.495 e. The first-order valence-electron chi connectivity index (χ1n) is 5.35. The van der Waals surface area contributed by atoms with E-state index in [1.54, 1.807) is 20.4 Å². The van der Waals surface area contributed by atoms with Crippen molar-refractivity contribution < 1.29 is 4.74 Å². The maximum atomic E-state index is 5.25. The number of rotatable bonds is 4. The van der Waals surface area contributed by atoms with Gasteiger partial charge >= 0.3 is 0 Å². The van der Waals surface area contributed by atoms with Gasteiger partial charge in [-0.2, -0.15) is 4.98 Å². The molecule has 0 aliphatic heterocycles. The highest BCUT2D eigenvalue weighted by Crippen LogP contribution is 2.27. The molecular formula is C12H13BrN4O. The van der Waals surface area contributed by atoms with E-state index in [0.717, 1.165) is 21.7 Å². The van der Waals surface area contributed by atoms with Gasteiger partial charge in [-0.15, -0.1) is 0 Å². The maximum Gasteiger partial charge on any atom is 0.229 e. The fourth-order valence-corrected chi connectivity index (χ4v) is 1.86. The number of hydrogen-bond donors (Lipinski definition) is 2. The minimum atomic E-state index is 0.507. The Morgan fingerprint density at radius 1 is 1.28 bits per heavy atom. The van der Waals surface area contributed by atoms with E-state index in [-0.39, 0.29) is 0 Å². The molecule has 94 valence electrons. The Hall–Kier alpha value is -1.82. The number of aromatic nitrogens is 2. The molecule has 2 aromatic rings. The molecule has 5 nitrogen and oxygen atoms in total. The van der Waals surface area contributed by atoms with Crippen molar-refractivity contribution in [1.82, 2.24) is 9.97 Å². The predicted molar refractivity (Wildman–Crippen MR) is 75.6 cm³/mol. The largest absolute Gasteiger partial charge is 0.495 e. The van der Waals surface area contributed by atoms with Crippen molar-refractivity contribution >= 4 is 33.4 Å². The quantitative estimate of drug-likeness (QED) is 0.909. The Balaban J connectivity index is 2.28. The Kier molecular flexibility index (Phi) is 3.99. The van der Waals surface area contributed by atoms with Crippen LogP contribution < -0.4 is 15.4 Å². The van der Waals surface area contributed by atoms with Crippen molar-refractivity contribution in [3.63, 3.8) is 0 Å². The highest BCUT2D eigenvalue weighted by molar-refractivity contribution is 9.10. The van der Waals surface area contributed by atoms with Crippen LogP contribution in [0.4, 0.5) is 17.5 Å². The monoisotopic (exact) mass is 308 g/mol. The van der Waals surface area contributed by atoms with Crippen molar-refractivity contribution in [2.24, 2.45) is 0 Å². The van der Waals surface area contributed by atoms with Crippen molar-refractivity contribution in [3.05, 3.63) is 34.9 Å². The number of nitrogens with one attached hydrogen (secondary N) is 2. The Morgan fingerprint density at radius 2 is 2.06 bits per heavy atom. The standard InChI is InChI=1S/C12H13BrN4O/c1-14-11-8(13)7-15-12(17-11)16-9-5-3-4-6-10(9)18-2/h3-7H,1-2H3,(H2,14,15,16,17). The summed E-state index contributed by atoms with van der Waals surface area (Å²) in [4.78, 5) is 8.52. The van der Waals surface area contributed by atoms with Crippen LogP contribution in [0.3, 0.4) is 0 Å². The van der Waals surface area contributed by atoms with Gasteiger partial charge in [-0.25, -0.2) is 4.98 Å². The molecule has 2 rings (SSSR count). The van der Waals surface area contributed by atoms with Gasteiger partial charge in [0, 0.05) is 13.2 Å². The average Bonchev–Trinajstić information content (AvgIpc) is 2.41. The second-order valence-electron chi connectivity index (χ2n) is 3.47. The van der Waals surface area contributed by atoms with Crippen LogP contribution in [-0.4, -0.2) is 24.1 Å². The van der Waals surface area contributed by atoms with Crippen LogP contribution in [0.25, 0.3) is 0 Å². The van der Waals surface area contributed by atoms with Gasteiger partial charge in [0.25, 0.3) is 0 Å². The molecule has 0 amide bonds. The van der Waals surface area contributed by atoms with Gasteiger partial charge in [-0.3, -0.25) is 0 Å². The molecule has 0 aliphatic carbocycles. The van der Waals surface area contributed by atoms with E-state index in [9.17, 15) is 0 Å². The third kappa shape index (κ3) is 2.70. The minimum absolute atomic E-state index is 0.507. The Morgan fingerprint density at radius 3 is 2.78 bits per heavy atom. The number of halogens is 1. The number of nitrogens with zero attached hydrogens (tertiary/aromatic N) is 2. The molecule has 0 atom stereocenters. The Labute approximate surface area is 114 Å². The van der Waals surface area contributed by atoms with Gasteiger partial charge in [0.15, 0.2) is 0 Å². The first-order valence-corrected chi connectivity index (χ1v) is 6.14. The van der Waals surface area contributed by atoms with Crippen molar-refractivity contribution in [2.45, 2.75) is 0 Å². The SMILES string of the molecule is CNc1nc(Nc2ccccc2OC)ncc1Br. The van der Waals surface area contributed by atoms with Crippen molar-refractivity contribution in [3.8, 4) is 5.75 Å². The van der Waals surface area contributed by atoms with E-state index in [1.165, 1.54) is 0 Å². The second kappa shape index (κ2) is 5.68. The van der Waals surface area contributed by atoms with Crippen LogP contribution in [0.5, 0.6) is 5.75 Å². The summed E-state index contributed by atoms with van der Waals surface area (Å²) in [6.45, 7) is 0. The van der Waals surface area contributed by atoms with Crippen molar-refractivity contribution in [1.29, 1.82) is 0 Å². The molecule has 0 spiro atoms. The number of benzene rings is 1. The van der Waals surface area contributed by atoms with E-state index in [0.29, 0.717) is 5.95 Å². The summed E-state index contributed by atoms with van der Waals surface area (Å²) >= 11 is 3.36. The van der Waals surface area contributed by atoms with Gasteiger partial charge in [0.2, 0.25) is 5.95 Å². The summed E-state index contributed by atoms with van der Waals surface area (Å²) in [5.41, 5.74) is 0.823. The van der Waals surface area contributed by atoms with Gasteiger partial charge < -0.3 is 15.4 Å². The molecule has 2 N–H and O–H groups in total.